The Kier molecular flexibility index (Phi) is 3.15. The molecule has 3 heteroatoms. The molecule has 3 nitrogen and oxygen atoms in total. The zero-order valence-corrected chi connectivity index (χ0v) is 9.72. The summed E-state index contributed by atoms with van der Waals surface area (Å²) < 4.78 is 0. The van der Waals surface area contributed by atoms with Crippen LogP contribution in [-0.2, 0) is 0 Å². The highest BCUT2D eigenvalue weighted by molar-refractivity contribution is 5.74. The first-order valence-electron chi connectivity index (χ1n) is 5.63. The van der Waals surface area contributed by atoms with Gasteiger partial charge in [0.05, 0.1) is 11.0 Å². The van der Waals surface area contributed by atoms with E-state index in [2.05, 4.69) is 23.8 Å². The maximum absolute atomic E-state index is 6.14. The van der Waals surface area contributed by atoms with Gasteiger partial charge in [-0.05, 0) is 30.0 Å². The fraction of sp³-hybridized carbons (Fsp3) is 0.385. The van der Waals surface area contributed by atoms with E-state index in [-0.39, 0.29) is 6.04 Å². The summed E-state index contributed by atoms with van der Waals surface area (Å²) in [5.74, 6) is 0.604. The quantitative estimate of drug-likeness (QED) is 0.856. The van der Waals surface area contributed by atoms with Gasteiger partial charge in [0.2, 0.25) is 0 Å². The fourth-order valence-corrected chi connectivity index (χ4v) is 1.85. The van der Waals surface area contributed by atoms with Crippen LogP contribution in [0.5, 0.6) is 0 Å². The zero-order chi connectivity index (χ0) is 11.5. The monoisotopic (exact) mass is 215 g/mol. The van der Waals surface area contributed by atoms with Gasteiger partial charge in [0.1, 0.15) is 0 Å². The molecule has 1 atom stereocenters. The van der Waals surface area contributed by atoms with Crippen molar-refractivity contribution in [1.29, 1.82) is 0 Å². The van der Waals surface area contributed by atoms with Crippen molar-refractivity contribution in [2.75, 3.05) is 0 Å². The Balaban J connectivity index is 2.32. The van der Waals surface area contributed by atoms with Crippen LogP contribution in [-0.4, -0.2) is 9.97 Å². The second kappa shape index (κ2) is 4.58. The number of nitrogens with two attached hydrogens (primary N) is 1. The summed E-state index contributed by atoms with van der Waals surface area (Å²) >= 11 is 0. The van der Waals surface area contributed by atoms with Crippen molar-refractivity contribution in [3.05, 3.63) is 36.2 Å². The topological polar surface area (TPSA) is 51.8 Å². The molecule has 0 bridgehead atoms. The fourth-order valence-electron chi connectivity index (χ4n) is 1.85. The summed E-state index contributed by atoms with van der Waals surface area (Å²) in [6, 6.07) is 6.16. The molecule has 16 heavy (non-hydrogen) atoms. The Morgan fingerprint density at radius 1 is 1.12 bits per heavy atom. The van der Waals surface area contributed by atoms with Gasteiger partial charge in [0.25, 0.3) is 0 Å². The largest absolute Gasteiger partial charge is 0.324 e. The maximum atomic E-state index is 6.14. The first-order chi connectivity index (χ1) is 7.66. The third-order valence-electron chi connectivity index (χ3n) is 2.65. The van der Waals surface area contributed by atoms with E-state index in [1.807, 2.05) is 18.2 Å². The lowest BCUT2D eigenvalue weighted by atomic mass is 9.97. The van der Waals surface area contributed by atoms with Crippen molar-refractivity contribution in [1.82, 2.24) is 9.97 Å². The van der Waals surface area contributed by atoms with Crippen molar-refractivity contribution >= 4 is 11.0 Å². The van der Waals surface area contributed by atoms with Crippen molar-refractivity contribution in [3.63, 3.8) is 0 Å². The molecule has 0 saturated heterocycles. The van der Waals surface area contributed by atoms with Gasteiger partial charge in [-0.15, -0.1) is 0 Å². The van der Waals surface area contributed by atoms with Crippen molar-refractivity contribution < 1.29 is 0 Å². The van der Waals surface area contributed by atoms with E-state index in [9.17, 15) is 0 Å². The molecule has 2 rings (SSSR count). The summed E-state index contributed by atoms with van der Waals surface area (Å²) in [5.41, 5.74) is 9.11. The molecule has 1 aromatic carbocycles. The molecule has 2 aromatic rings. The number of nitrogens with zero attached hydrogens (tertiary/aromatic N) is 2. The Labute approximate surface area is 95.7 Å². The predicted molar refractivity (Wildman–Crippen MR) is 65.9 cm³/mol. The number of fused-ring (bicyclic) bond motifs is 1. The van der Waals surface area contributed by atoms with E-state index < -0.39 is 0 Å². The van der Waals surface area contributed by atoms with E-state index in [1.54, 1.807) is 12.4 Å². The highest BCUT2D eigenvalue weighted by Crippen LogP contribution is 2.21. The number of aromatic nitrogens is 2. The van der Waals surface area contributed by atoms with Crippen molar-refractivity contribution in [2.24, 2.45) is 11.7 Å². The number of benzene rings is 1. The van der Waals surface area contributed by atoms with Gasteiger partial charge in [-0.2, -0.15) is 0 Å². The van der Waals surface area contributed by atoms with Gasteiger partial charge in [-0.3, -0.25) is 9.97 Å². The first kappa shape index (κ1) is 11.0. The third-order valence-corrected chi connectivity index (χ3v) is 2.65. The number of hydrogen-bond acceptors (Lipinski definition) is 3. The van der Waals surface area contributed by atoms with Gasteiger partial charge >= 0.3 is 0 Å². The molecule has 0 aliphatic heterocycles. The normalized spacial score (nSPS) is 13.2. The van der Waals surface area contributed by atoms with E-state index >= 15 is 0 Å². The number of hydrogen-bond donors (Lipinski definition) is 1. The molecule has 84 valence electrons. The Bertz CT molecular complexity index is 479. The Morgan fingerprint density at radius 2 is 1.81 bits per heavy atom. The van der Waals surface area contributed by atoms with E-state index in [1.165, 1.54) is 0 Å². The molecule has 2 N–H and O–H groups in total. The second-order valence-corrected chi connectivity index (χ2v) is 4.54. The minimum atomic E-state index is 0.0893. The van der Waals surface area contributed by atoms with Crippen LogP contribution >= 0.6 is 0 Å². The molecule has 0 saturated carbocycles. The van der Waals surface area contributed by atoms with Crippen LogP contribution in [0, 0.1) is 5.92 Å². The average Bonchev–Trinajstić information content (AvgIpc) is 2.27. The van der Waals surface area contributed by atoms with Gasteiger partial charge in [-0.25, -0.2) is 0 Å². The molecule has 0 fully saturated rings. The van der Waals surface area contributed by atoms with Crippen LogP contribution in [0.15, 0.2) is 30.6 Å². The SMILES string of the molecule is CC(C)CC(N)c1ccc2nccnc2c1. The van der Waals surface area contributed by atoms with Crippen molar-refractivity contribution in [3.8, 4) is 0 Å². The minimum absolute atomic E-state index is 0.0893. The summed E-state index contributed by atoms with van der Waals surface area (Å²) in [6.07, 6.45) is 4.40. The van der Waals surface area contributed by atoms with Gasteiger partial charge in [0, 0.05) is 18.4 Å². The highest BCUT2D eigenvalue weighted by Gasteiger charge is 2.09. The smallest absolute Gasteiger partial charge is 0.0890 e. The molecule has 0 aliphatic rings. The summed E-state index contributed by atoms with van der Waals surface area (Å²) in [4.78, 5) is 8.52. The Morgan fingerprint density at radius 3 is 2.50 bits per heavy atom. The molecule has 0 aliphatic carbocycles. The summed E-state index contributed by atoms with van der Waals surface area (Å²) in [7, 11) is 0. The van der Waals surface area contributed by atoms with Crippen molar-refractivity contribution in [2.45, 2.75) is 26.3 Å². The molecule has 1 aromatic heterocycles. The van der Waals surface area contributed by atoms with Gasteiger partial charge in [0.15, 0.2) is 0 Å². The summed E-state index contributed by atoms with van der Waals surface area (Å²) in [5, 5.41) is 0. The molecule has 0 amide bonds. The standard InChI is InChI=1S/C13H17N3/c1-9(2)7-11(14)10-3-4-12-13(8-10)16-6-5-15-12/h3-6,8-9,11H,7,14H2,1-2H3. The van der Waals surface area contributed by atoms with Gasteiger partial charge in [-0.1, -0.05) is 19.9 Å². The second-order valence-electron chi connectivity index (χ2n) is 4.54. The molecule has 0 radical (unpaired) electrons. The highest BCUT2D eigenvalue weighted by atomic mass is 14.8. The molecular weight excluding hydrogens is 198 g/mol. The van der Waals surface area contributed by atoms with Gasteiger partial charge < -0.3 is 5.73 Å². The summed E-state index contributed by atoms with van der Waals surface area (Å²) in [6.45, 7) is 4.36. The number of rotatable bonds is 3. The van der Waals surface area contributed by atoms with E-state index in [0.29, 0.717) is 5.92 Å². The third kappa shape index (κ3) is 2.36. The van der Waals surface area contributed by atoms with E-state index in [0.717, 1.165) is 23.0 Å². The Hall–Kier alpha value is -1.48. The maximum Gasteiger partial charge on any atom is 0.0890 e. The van der Waals surface area contributed by atoms with Crippen LogP contribution in [0.1, 0.15) is 31.9 Å². The minimum Gasteiger partial charge on any atom is -0.324 e. The molecule has 1 heterocycles. The lowest BCUT2D eigenvalue weighted by molar-refractivity contribution is 0.510. The molecule has 1 unspecified atom stereocenters. The lowest BCUT2D eigenvalue weighted by Crippen LogP contribution is -2.12. The van der Waals surface area contributed by atoms with Crippen LogP contribution in [0.4, 0.5) is 0 Å². The zero-order valence-electron chi connectivity index (χ0n) is 9.72. The van der Waals surface area contributed by atoms with Crippen LogP contribution < -0.4 is 5.73 Å². The van der Waals surface area contributed by atoms with E-state index in [4.69, 9.17) is 5.73 Å². The lowest BCUT2D eigenvalue weighted by Gasteiger charge is -2.14. The van der Waals surface area contributed by atoms with Crippen LogP contribution in [0.2, 0.25) is 0 Å². The predicted octanol–water partition coefficient (Wildman–Crippen LogP) is 2.68. The molecular formula is C13H17N3. The van der Waals surface area contributed by atoms with Crippen LogP contribution in [0.3, 0.4) is 0 Å². The average molecular weight is 215 g/mol. The van der Waals surface area contributed by atoms with Crippen LogP contribution in [0.25, 0.3) is 11.0 Å². The molecule has 0 spiro atoms. The first-order valence-corrected chi connectivity index (χ1v) is 5.63.